The molecule has 1 amide bonds. The maximum Gasteiger partial charge on any atom is 0.243 e. The third kappa shape index (κ3) is 5.23. The van der Waals surface area contributed by atoms with Crippen molar-refractivity contribution in [2.24, 2.45) is 11.8 Å². The van der Waals surface area contributed by atoms with E-state index in [-0.39, 0.29) is 17.2 Å². The average Bonchev–Trinajstić information content (AvgIpc) is 3.39. The van der Waals surface area contributed by atoms with E-state index >= 15 is 0 Å². The number of rotatable bonds is 6. The zero-order valence-electron chi connectivity index (χ0n) is 17.4. The minimum absolute atomic E-state index is 0.172. The van der Waals surface area contributed by atoms with Gasteiger partial charge in [-0.25, -0.2) is 13.4 Å². The van der Waals surface area contributed by atoms with E-state index in [9.17, 15) is 13.2 Å². The predicted octanol–water partition coefficient (Wildman–Crippen LogP) is 4.72. The zero-order chi connectivity index (χ0) is 22.0. The first-order chi connectivity index (χ1) is 14.8. The summed E-state index contributed by atoms with van der Waals surface area (Å²) < 4.78 is 27.5. The Labute approximate surface area is 191 Å². The van der Waals surface area contributed by atoms with Gasteiger partial charge in [0.05, 0.1) is 21.9 Å². The molecule has 0 saturated carbocycles. The number of hydrogen-bond acceptors (Lipinski definition) is 6. The SMILES string of the molecule is CC1CC(C)CN(S(=O)(=O)c2ccc(NC(=O)Cc3csc(-c4cccs4)n3)cc2)C1. The Balaban J connectivity index is 1.38. The number of piperidine rings is 1. The molecular weight excluding hydrogens is 450 g/mol. The Hall–Kier alpha value is -2.07. The van der Waals surface area contributed by atoms with Gasteiger partial charge in [-0.2, -0.15) is 4.31 Å². The number of amides is 1. The molecule has 3 aromatic rings. The second-order valence-electron chi connectivity index (χ2n) is 8.14. The van der Waals surface area contributed by atoms with E-state index in [2.05, 4.69) is 24.1 Å². The van der Waals surface area contributed by atoms with Crippen molar-refractivity contribution in [3.63, 3.8) is 0 Å². The van der Waals surface area contributed by atoms with Gasteiger partial charge < -0.3 is 5.32 Å². The lowest BCUT2D eigenvalue weighted by molar-refractivity contribution is -0.115. The standard InChI is InChI=1S/C22H25N3O3S3/c1-15-10-16(2)13-25(12-15)31(27,28)19-7-5-17(6-8-19)23-21(26)11-18-14-30-22(24-18)20-4-3-9-29-20/h3-9,14-16H,10-13H2,1-2H3,(H,23,26). The molecule has 1 saturated heterocycles. The van der Waals surface area contributed by atoms with Gasteiger partial charge in [0.15, 0.2) is 0 Å². The summed E-state index contributed by atoms with van der Waals surface area (Å²) in [6.07, 6.45) is 1.22. The monoisotopic (exact) mass is 475 g/mol. The minimum atomic E-state index is -3.53. The molecule has 31 heavy (non-hydrogen) atoms. The van der Waals surface area contributed by atoms with Crippen LogP contribution in [0.4, 0.5) is 5.69 Å². The van der Waals surface area contributed by atoms with Gasteiger partial charge >= 0.3 is 0 Å². The largest absolute Gasteiger partial charge is 0.326 e. The highest BCUT2D eigenvalue weighted by Gasteiger charge is 2.31. The number of hydrogen-bond donors (Lipinski definition) is 1. The highest BCUT2D eigenvalue weighted by molar-refractivity contribution is 7.89. The van der Waals surface area contributed by atoms with Crippen molar-refractivity contribution >= 4 is 44.3 Å². The van der Waals surface area contributed by atoms with Crippen LogP contribution >= 0.6 is 22.7 Å². The van der Waals surface area contributed by atoms with Crippen LogP contribution in [0.15, 0.2) is 52.1 Å². The van der Waals surface area contributed by atoms with Crippen LogP contribution in [-0.4, -0.2) is 36.7 Å². The number of nitrogens with zero attached hydrogens (tertiary/aromatic N) is 2. The summed E-state index contributed by atoms with van der Waals surface area (Å²) >= 11 is 3.14. The Morgan fingerprint density at radius 3 is 2.48 bits per heavy atom. The van der Waals surface area contributed by atoms with Crippen molar-refractivity contribution < 1.29 is 13.2 Å². The molecular formula is C22H25N3O3S3. The van der Waals surface area contributed by atoms with E-state index in [0.717, 1.165) is 22.0 Å². The fraction of sp³-hybridized carbons (Fsp3) is 0.364. The smallest absolute Gasteiger partial charge is 0.243 e. The number of carbonyl (C=O) groups is 1. The molecule has 0 bridgehead atoms. The fourth-order valence-corrected chi connectivity index (χ4v) is 7.25. The van der Waals surface area contributed by atoms with Crippen LogP contribution in [0.1, 0.15) is 26.0 Å². The van der Waals surface area contributed by atoms with Crippen LogP contribution < -0.4 is 5.32 Å². The van der Waals surface area contributed by atoms with Crippen molar-refractivity contribution in [2.45, 2.75) is 31.6 Å². The van der Waals surface area contributed by atoms with Crippen molar-refractivity contribution in [1.82, 2.24) is 9.29 Å². The second kappa shape index (κ2) is 9.20. The molecule has 1 fully saturated rings. The summed E-state index contributed by atoms with van der Waals surface area (Å²) in [6, 6.07) is 10.4. The van der Waals surface area contributed by atoms with Gasteiger partial charge in [0.1, 0.15) is 5.01 Å². The summed E-state index contributed by atoms with van der Waals surface area (Å²) in [5.74, 6) is 0.517. The van der Waals surface area contributed by atoms with E-state index in [1.807, 2.05) is 22.9 Å². The number of aromatic nitrogens is 1. The molecule has 1 aliphatic rings. The molecule has 0 aliphatic carbocycles. The first-order valence-electron chi connectivity index (χ1n) is 10.2. The molecule has 1 aliphatic heterocycles. The molecule has 9 heteroatoms. The predicted molar refractivity (Wildman–Crippen MR) is 126 cm³/mol. The van der Waals surface area contributed by atoms with E-state index in [1.165, 1.54) is 11.3 Å². The molecule has 3 heterocycles. The summed E-state index contributed by atoms with van der Waals surface area (Å²) in [7, 11) is -3.53. The number of anilines is 1. The van der Waals surface area contributed by atoms with E-state index in [0.29, 0.717) is 30.6 Å². The van der Waals surface area contributed by atoms with Crippen LogP contribution in [-0.2, 0) is 21.2 Å². The number of nitrogens with one attached hydrogen (secondary N) is 1. The second-order valence-corrected chi connectivity index (χ2v) is 11.9. The van der Waals surface area contributed by atoms with E-state index in [1.54, 1.807) is 39.9 Å². The first-order valence-corrected chi connectivity index (χ1v) is 13.4. The summed E-state index contributed by atoms with van der Waals surface area (Å²) in [5.41, 5.74) is 1.29. The van der Waals surface area contributed by atoms with Gasteiger partial charge in [0.2, 0.25) is 15.9 Å². The van der Waals surface area contributed by atoms with E-state index in [4.69, 9.17) is 0 Å². The molecule has 2 aromatic heterocycles. The number of carbonyl (C=O) groups excluding carboxylic acids is 1. The van der Waals surface area contributed by atoms with Gasteiger partial charge in [0.25, 0.3) is 0 Å². The Kier molecular flexibility index (Phi) is 6.57. The number of thiazole rings is 1. The van der Waals surface area contributed by atoms with Crippen molar-refractivity contribution in [3.05, 3.63) is 52.9 Å². The molecule has 164 valence electrons. The zero-order valence-corrected chi connectivity index (χ0v) is 19.9. The van der Waals surface area contributed by atoms with Crippen LogP contribution in [0.5, 0.6) is 0 Å². The number of sulfonamides is 1. The van der Waals surface area contributed by atoms with E-state index < -0.39 is 10.0 Å². The third-order valence-electron chi connectivity index (χ3n) is 5.24. The maximum absolute atomic E-state index is 13.0. The van der Waals surface area contributed by atoms with Crippen molar-refractivity contribution in [3.8, 4) is 9.88 Å². The quantitative estimate of drug-likeness (QED) is 0.559. The summed E-state index contributed by atoms with van der Waals surface area (Å²) in [6.45, 7) is 5.27. The minimum Gasteiger partial charge on any atom is -0.326 e. The Bertz CT molecular complexity index is 1130. The Morgan fingerprint density at radius 1 is 1.13 bits per heavy atom. The molecule has 0 spiro atoms. The third-order valence-corrected chi connectivity index (χ3v) is 9.01. The molecule has 2 atom stereocenters. The summed E-state index contributed by atoms with van der Waals surface area (Å²) in [4.78, 5) is 18.3. The normalized spacial score (nSPS) is 19.9. The maximum atomic E-state index is 13.0. The summed E-state index contributed by atoms with van der Waals surface area (Å²) in [5, 5.41) is 7.63. The van der Waals surface area contributed by atoms with Crippen LogP contribution in [0.3, 0.4) is 0 Å². The lowest BCUT2D eigenvalue weighted by Gasteiger charge is -2.34. The fourth-order valence-electron chi connectivity index (χ4n) is 3.93. The molecule has 2 unspecified atom stereocenters. The highest BCUT2D eigenvalue weighted by Crippen LogP contribution is 2.29. The Morgan fingerprint density at radius 2 is 1.84 bits per heavy atom. The van der Waals surface area contributed by atoms with Crippen LogP contribution in [0.25, 0.3) is 9.88 Å². The molecule has 6 nitrogen and oxygen atoms in total. The average molecular weight is 476 g/mol. The van der Waals surface area contributed by atoms with Crippen LogP contribution in [0.2, 0.25) is 0 Å². The number of thiophene rings is 1. The molecule has 1 N–H and O–H groups in total. The van der Waals surface area contributed by atoms with Gasteiger partial charge in [-0.3, -0.25) is 4.79 Å². The highest BCUT2D eigenvalue weighted by atomic mass is 32.2. The van der Waals surface area contributed by atoms with Gasteiger partial charge in [0, 0.05) is 24.2 Å². The first kappa shape index (κ1) is 22.1. The van der Waals surface area contributed by atoms with Gasteiger partial charge in [-0.15, -0.1) is 22.7 Å². The topological polar surface area (TPSA) is 79.4 Å². The van der Waals surface area contributed by atoms with Crippen LogP contribution in [0, 0.1) is 11.8 Å². The van der Waals surface area contributed by atoms with Gasteiger partial charge in [-0.05, 0) is 54.0 Å². The molecule has 4 rings (SSSR count). The number of benzene rings is 1. The van der Waals surface area contributed by atoms with Crippen molar-refractivity contribution in [1.29, 1.82) is 0 Å². The van der Waals surface area contributed by atoms with Gasteiger partial charge in [-0.1, -0.05) is 19.9 Å². The van der Waals surface area contributed by atoms with Crippen molar-refractivity contribution in [2.75, 3.05) is 18.4 Å². The lowest BCUT2D eigenvalue weighted by Crippen LogP contribution is -2.42. The lowest BCUT2D eigenvalue weighted by atomic mass is 9.94. The molecule has 0 radical (unpaired) electrons. The molecule has 1 aromatic carbocycles.